The number of hydrogen-bond acceptors (Lipinski definition) is 4. The van der Waals surface area contributed by atoms with Crippen LogP contribution in [0.25, 0.3) is 11.3 Å². The molecule has 2 heterocycles. The third-order valence-corrected chi connectivity index (χ3v) is 5.97. The van der Waals surface area contributed by atoms with Crippen molar-refractivity contribution in [2.75, 3.05) is 7.05 Å². The lowest BCUT2D eigenvalue weighted by molar-refractivity contribution is 0.0743. The monoisotopic (exact) mass is 368 g/mol. The summed E-state index contributed by atoms with van der Waals surface area (Å²) in [7, 11) is 1.82. The lowest BCUT2D eigenvalue weighted by Crippen LogP contribution is -2.29. The Balaban J connectivity index is 1.80. The average Bonchev–Trinajstić information content (AvgIpc) is 3.27. The van der Waals surface area contributed by atoms with Gasteiger partial charge in [0.25, 0.3) is 5.91 Å². The SMILES string of the molecule is Cc1nc(C(C)C)sc1C(=O)N(C)[C@@H](C)c1cc(-c2ccccc2)n[nH]1. The highest BCUT2D eigenvalue weighted by molar-refractivity contribution is 7.13. The maximum Gasteiger partial charge on any atom is 0.266 e. The first-order valence-electron chi connectivity index (χ1n) is 8.73. The smallest absolute Gasteiger partial charge is 0.266 e. The summed E-state index contributed by atoms with van der Waals surface area (Å²) in [5, 5.41) is 8.47. The largest absolute Gasteiger partial charge is 0.333 e. The highest BCUT2D eigenvalue weighted by Gasteiger charge is 2.25. The van der Waals surface area contributed by atoms with Gasteiger partial charge >= 0.3 is 0 Å². The Morgan fingerprint density at radius 1 is 1.19 bits per heavy atom. The molecule has 0 aliphatic rings. The third-order valence-electron chi connectivity index (χ3n) is 4.52. The maximum atomic E-state index is 13.0. The van der Waals surface area contributed by atoms with Crippen molar-refractivity contribution in [1.82, 2.24) is 20.1 Å². The normalized spacial score (nSPS) is 12.4. The van der Waals surface area contributed by atoms with Crippen molar-refractivity contribution in [3.8, 4) is 11.3 Å². The summed E-state index contributed by atoms with van der Waals surface area (Å²) >= 11 is 1.49. The van der Waals surface area contributed by atoms with Gasteiger partial charge in [0.2, 0.25) is 0 Å². The summed E-state index contributed by atoms with van der Waals surface area (Å²) in [5.74, 6) is 0.319. The van der Waals surface area contributed by atoms with Crippen LogP contribution in [0.4, 0.5) is 0 Å². The zero-order chi connectivity index (χ0) is 18.8. The van der Waals surface area contributed by atoms with Gasteiger partial charge in [-0.05, 0) is 19.9 Å². The van der Waals surface area contributed by atoms with Crippen LogP contribution in [-0.4, -0.2) is 33.0 Å². The Bertz CT molecular complexity index is 898. The number of rotatable bonds is 5. The number of benzene rings is 1. The number of amides is 1. The van der Waals surface area contributed by atoms with Crippen molar-refractivity contribution < 1.29 is 4.79 Å². The van der Waals surface area contributed by atoms with Crippen LogP contribution in [0.2, 0.25) is 0 Å². The molecule has 1 atom stereocenters. The quantitative estimate of drug-likeness (QED) is 0.704. The van der Waals surface area contributed by atoms with Crippen molar-refractivity contribution in [1.29, 1.82) is 0 Å². The summed E-state index contributed by atoms with van der Waals surface area (Å²) in [5.41, 5.74) is 3.64. The van der Waals surface area contributed by atoms with Crippen molar-refractivity contribution in [2.24, 2.45) is 0 Å². The van der Waals surface area contributed by atoms with E-state index in [1.165, 1.54) is 11.3 Å². The summed E-state index contributed by atoms with van der Waals surface area (Å²) in [6.45, 7) is 8.08. The van der Waals surface area contributed by atoms with Crippen molar-refractivity contribution >= 4 is 17.2 Å². The van der Waals surface area contributed by atoms with E-state index >= 15 is 0 Å². The van der Waals surface area contributed by atoms with E-state index in [0.717, 1.165) is 27.7 Å². The molecule has 0 aliphatic carbocycles. The average molecular weight is 369 g/mol. The molecule has 0 fully saturated rings. The molecule has 1 aromatic carbocycles. The minimum absolute atomic E-state index is 0.00439. The van der Waals surface area contributed by atoms with E-state index in [2.05, 4.69) is 29.0 Å². The van der Waals surface area contributed by atoms with E-state index in [9.17, 15) is 4.79 Å². The number of carbonyl (C=O) groups is 1. The fourth-order valence-corrected chi connectivity index (χ4v) is 3.77. The summed E-state index contributed by atoms with van der Waals surface area (Å²) in [4.78, 5) is 20.0. The number of aromatic amines is 1. The molecule has 0 unspecified atom stereocenters. The topological polar surface area (TPSA) is 61.9 Å². The lowest BCUT2D eigenvalue weighted by Gasteiger charge is -2.23. The minimum Gasteiger partial charge on any atom is -0.333 e. The van der Waals surface area contributed by atoms with Crippen LogP contribution >= 0.6 is 11.3 Å². The molecular formula is C20H24N4OS. The first kappa shape index (κ1) is 18.3. The lowest BCUT2D eigenvalue weighted by atomic mass is 10.1. The van der Waals surface area contributed by atoms with E-state index < -0.39 is 0 Å². The van der Waals surface area contributed by atoms with E-state index in [1.807, 2.05) is 57.3 Å². The van der Waals surface area contributed by atoms with Gasteiger partial charge in [-0.15, -0.1) is 11.3 Å². The molecule has 0 saturated carbocycles. The molecule has 0 bridgehead atoms. The number of nitrogens with one attached hydrogen (secondary N) is 1. The molecule has 0 saturated heterocycles. The first-order chi connectivity index (χ1) is 12.4. The van der Waals surface area contributed by atoms with Gasteiger partial charge < -0.3 is 4.90 Å². The second kappa shape index (κ2) is 7.41. The molecule has 5 nitrogen and oxygen atoms in total. The van der Waals surface area contributed by atoms with Crippen LogP contribution in [0.15, 0.2) is 36.4 Å². The molecule has 6 heteroatoms. The van der Waals surface area contributed by atoms with Crippen LogP contribution in [0.5, 0.6) is 0 Å². The standard InChI is InChI=1S/C20H24N4OS/c1-12(2)19-21-13(3)18(26-19)20(25)24(5)14(4)16-11-17(23-22-16)15-9-7-6-8-10-15/h6-12,14H,1-5H3,(H,22,23)/t14-/m0/s1. The van der Waals surface area contributed by atoms with Crippen molar-refractivity contribution in [3.63, 3.8) is 0 Å². The second-order valence-corrected chi connectivity index (χ2v) is 7.82. The van der Waals surface area contributed by atoms with Gasteiger partial charge in [-0.3, -0.25) is 9.89 Å². The van der Waals surface area contributed by atoms with Crippen LogP contribution in [-0.2, 0) is 0 Å². The number of nitrogens with zero attached hydrogens (tertiary/aromatic N) is 3. The molecule has 0 spiro atoms. The number of aromatic nitrogens is 3. The van der Waals surface area contributed by atoms with Gasteiger partial charge in [0.1, 0.15) is 4.88 Å². The van der Waals surface area contributed by atoms with Gasteiger partial charge in [0.15, 0.2) is 0 Å². The van der Waals surface area contributed by atoms with Crippen LogP contribution < -0.4 is 0 Å². The highest BCUT2D eigenvalue weighted by Crippen LogP contribution is 2.29. The number of H-pyrrole nitrogens is 1. The van der Waals surface area contributed by atoms with E-state index in [1.54, 1.807) is 4.90 Å². The summed E-state index contributed by atoms with van der Waals surface area (Å²) < 4.78 is 0. The predicted octanol–water partition coefficient (Wildman–Crippen LogP) is 4.80. The molecule has 0 radical (unpaired) electrons. The number of aryl methyl sites for hydroxylation is 1. The fraction of sp³-hybridized carbons (Fsp3) is 0.350. The van der Waals surface area contributed by atoms with Gasteiger partial charge in [-0.25, -0.2) is 4.98 Å². The third kappa shape index (κ3) is 3.55. The second-order valence-electron chi connectivity index (χ2n) is 6.79. The van der Waals surface area contributed by atoms with Gasteiger partial charge in [0, 0.05) is 18.5 Å². The predicted molar refractivity (Wildman–Crippen MR) is 105 cm³/mol. The molecule has 0 aliphatic heterocycles. The zero-order valence-electron chi connectivity index (χ0n) is 15.8. The van der Waals surface area contributed by atoms with Gasteiger partial charge in [-0.2, -0.15) is 5.10 Å². The molecule has 1 amide bonds. The summed E-state index contributed by atoms with van der Waals surface area (Å²) in [6, 6.07) is 11.9. The minimum atomic E-state index is -0.114. The molecule has 2 aromatic heterocycles. The van der Waals surface area contributed by atoms with E-state index in [-0.39, 0.29) is 11.9 Å². The van der Waals surface area contributed by atoms with Crippen LogP contribution in [0.1, 0.15) is 58.8 Å². The summed E-state index contributed by atoms with van der Waals surface area (Å²) in [6.07, 6.45) is 0. The Morgan fingerprint density at radius 3 is 2.50 bits per heavy atom. The molecule has 1 N–H and O–H groups in total. The number of carbonyl (C=O) groups excluding carboxylic acids is 1. The highest BCUT2D eigenvalue weighted by atomic mass is 32.1. The number of thiazole rings is 1. The molecule has 26 heavy (non-hydrogen) atoms. The Hall–Kier alpha value is -2.47. The molecule has 136 valence electrons. The Kier molecular flexibility index (Phi) is 5.23. The van der Waals surface area contributed by atoms with Crippen LogP contribution in [0.3, 0.4) is 0 Å². The fourth-order valence-electron chi connectivity index (χ4n) is 2.71. The van der Waals surface area contributed by atoms with Crippen molar-refractivity contribution in [2.45, 2.75) is 39.7 Å². The van der Waals surface area contributed by atoms with E-state index in [4.69, 9.17) is 0 Å². The van der Waals surface area contributed by atoms with Crippen molar-refractivity contribution in [3.05, 3.63) is 57.7 Å². The molecule has 3 aromatic rings. The first-order valence-corrected chi connectivity index (χ1v) is 9.55. The van der Waals surface area contributed by atoms with Gasteiger partial charge in [0.05, 0.1) is 28.1 Å². The number of hydrogen-bond donors (Lipinski definition) is 1. The molecule has 3 rings (SSSR count). The zero-order valence-corrected chi connectivity index (χ0v) is 16.6. The maximum absolute atomic E-state index is 13.0. The molecular weight excluding hydrogens is 344 g/mol. The Morgan fingerprint density at radius 2 is 1.88 bits per heavy atom. The van der Waals surface area contributed by atoms with E-state index in [0.29, 0.717) is 10.8 Å². The van der Waals surface area contributed by atoms with Crippen LogP contribution in [0, 0.1) is 6.92 Å². The Labute approximate surface area is 158 Å². The van der Waals surface area contributed by atoms with Gasteiger partial charge in [-0.1, -0.05) is 44.2 Å².